The summed E-state index contributed by atoms with van der Waals surface area (Å²) in [5, 5.41) is 3.66. The quantitative estimate of drug-likeness (QED) is 0.504. The number of halogens is 1. The maximum absolute atomic E-state index is 13.2. The Labute approximate surface area is 212 Å². The van der Waals surface area contributed by atoms with Crippen LogP contribution in [0.3, 0.4) is 0 Å². The molecule has 2 aromatic rings. The fourth-order valence-corrected chi connectivity index (χ4v) is 6.84. The third kappa shape index (κ3) is 5.44. The molecule has 7 nitrogen and oxygen atoms in total. The van der Waals surface area contributed by atoms with Crippen LogP contribution >= 0.6 is 11.6 Å². The average molecular weight is 521 g/mol. The molecule has 1 aliphatic carbocycles. The van der Waals surface area contributed by atoms with Crippen LogP contribution in [-0.4, -0.2) is 51.7 Å². The van der Waals surface area contributed by atoms with Gasteiger partial charge in [0.25, 0.3) is 0 Å². The fourth-order valence-electron chi connectivity index (χ4n) is 5.24. The number of ether oxygens (including phenoxy) is 2. The summed E-state index contributed by atoms with van der Waals surface area (Å²) in [7, 11) is -0.297. The molecule has 0 saturated heterocycles. The largest absolute Gasteiger partial charge is 0.493 e. The second kappa shape index (κ2) is 10.8. The highest BCUT2D eigenvalue weighted by atomic mass is 35.5. The third-order valence-corrected chi connectivity index (χ3v) is 9.38. The topological polar surface area (TPSA) is 84.9 Å². The monoisotopic (exact) mass is 520 g/mol. The smallest absolute Gasteiger partial charge is 0.230 e. The summed E-state index contributed by atoms with van der Waals surface area (Å²) in [4.78, 5) is 13.2. The average Bonchev–Trinajstić information content (AvgIpc) is 3.37. The lowest BCUT2D eigenvalue weighted by molar-refractivity contribution is -0.126. The van der Waals surface area contributed by atoms with Crippen LogP contribution in [-0.2, 0) is 33.2 Å². The van der Waals surface area contributed by atoms with Crippen LogP contribution in [0, 0.1) is 0 Å². The Hall–Kier alpha value is -2.29. The van der Waals surface area contributed by atoms with Crippen LogP contribution in [0.15, 0.2) is 36.4 Å². The van der Waals surface area contributed by atoms with Gasteiger partial charge in [0.15, 0.2) is 11.5 Å². The van der Waals surface area contributed by atoms with E-state index in [1.165, 1.54) is 4.31 Å². The van der Waals surface area contributed by atoms with Gasteiger partial charge in [0, 0.05) is 24.7 Å². The molecule has 4 rings (SSSR count). The van der Waals surface area contributed by atoms with E-state index in [-0.39, 0.29) is 11.7 Å². The highest BCUT2D eigenvalue weighted by Crippen LogP contribution is 2.41. The van der Waals surface area contributed by atoms with Crippen LogP contribution < -0.4 is 14.8 Å². The van der Waals surface area contributed by atoms with Gasteiger partial charge in [0.2, 0.25) is 15.9 Å². The van der Waals surface area contributed by atoms with Crippen LogP contribution in [0.25, 0.3) is 0 Å². The predicted molar refractivity (Wildman–Crippen MR) is 137 cm³/mol. The van der Waals surface area contributed by atoms with Crippen molar-refractivity contribution in [3.63, 3.8) is 0 Å². The van der Waals surface area contributed by atoms with E-state index in [4.69, 9.17) is 21.1 Å². The van der Waals surface area contributed by atoms with Crippen LogP contribution in [0.1, 0.15) is 48.8 Å². The molecule has 190 valence electrons. The number of nitrogens with one attached hydrogen (secondary N) is 1. The highest BCUT2D eigenvalue weighted by molar-refractivity contribution is 7.89. The van der Waals surface area contributed by atoms with Crippen molar-refractivity contribution in [2.45, 2.75) is 50.5 Å². The van der Waals surface area contributed by atoms with Crippen molar-refractivity contribution < 1.29 is 22.7 Å². The Bertz CT molecular complexity index is 1160. The Morgan fingerprint density at radius 2 is 1.69 bits per heavy atom. The number of amides is 1. The van der Waals surface area contributed by atoms with Gasteiger partial charge in [0.1, 0.15) is 0 Å². The number of carbonyl (C=O) groups is 1. The van der Waals surface area contributed by atoms with Gasteiger partial charge >= 0.3 is 0 Å². The predicted octanol–water partition coefficient (Wildman–Crippen LogP) is 4.06. The van der Waals surface area contributed by atoms with Crippen molar-refractivity contribution in [1.82, 2.24) is 9.62 Å². The van der Waals surface area contributed by atoms with Gasteiger partial charge in [-0.15, -0.1) is 0 Å². The SMILES string of the molecule is COc1cc2c(cc1OC)CN(S(=O)(=O)CCCNC(=O)C1(c3ccc(Cl)cc3)CCCC1)CC2. The van der Waals surface area contributed by atoms with Gasteiger partial charge in [-0.05, 0) is 66.6 Å². The maximum Gasteiger partial charge on any atom is 0.230 e. The van der Waals surface area contributed by atoms with Gasteiger partial charge < -0.3 is 14.8 Å². The Morgan fingerprint density at radius 1 is 1.06 bits per heavy atom. The number of hydrogen-bond donors (Lipinski definition) is 1. The van der Waals surface area contributed by atoms with E-state index in [1.54, 1.807) is 14.2 Å². The first-order valence-corrected chi connectivity index (χ1v) is 14.0. The molecule has 0 spiro atoms. The van der Waals surface area contributed by atoms with Crippen LogP contribution in [0.4, 0.5) is 0 Å². The number of fused-ring (bicyclic) bond motifs is 1. The number of benzene rings is 2. The molecule has 2 aromatic carbocycles. The van der Waals surface area contributed by atoms with Gasteiger partial charge in [-0.1, -0.05) is 36.6 Å². The summed E-state index contributed by atoms with van der Waals surface area (Å²) in [5.41, 5.74) is 2.42. The standard InChI is InChI=1S/C26H33ClN2O5S/c1-33-23-16-19-10-14-29(18-20(19)17-24(23)34-2)35(31,32)15-5-13-28-25(30)26(11-3-4-12-26)21-6-8-22(27)9-7-21/h6-9,16-17H,3-5,10-15,18H2,1-2H3,(H,28,30). The summed E-state index contributed by atoms with van der Waals surface area (Å²) in [6.45, 7) is 1.06. The van der Waals surface area contributed by atoms with Crippen LogP contribution in [0.2, 0.25) is 5.02 Å². The summed E-state index contributed by atoms with van der Waals surface area (Å²) >= 11 is 6.04. The minimum Gasteiger partial charge on any atom is -0.493 e. The Morgan fingerprint density at radius 3 is 2.31 bits per heavy atom. The number of rotatable bonds is 9. The normalized spacial score (nSPS) is 17.6. The van der Waals surface area contributed by atoms with E-state index >= 15 is 0 Å². The van der Waals surface area contributed by atoms with Crippen molar-refractivity contribution >= 4 is 27.5 Å². The van der Waals surface area contributed by atoms with Crippen molar-refractivity contribution in [1.29, 1.82) is 0 Å². The Balaban J connectivity index is 1.34. The molecule has 9 heteroatoms. The molecule has 35 heavy (non-hydrogen) atoms. The summed E-state index contributed by atoms with van der Waals surface area (Å²) in [6.07, 6.45) is 4.56. The van der Waals surface area contributed by atoms with E-state index < -0.39 is 15.4 Å². The lowest BCUT2D eigenvalue weighted by atomic mass is 9.78. The van der Waals surface area contributed by atoms with Gasteiger partial charge in [-0.3, -0.25) is 4.79 Å². The molecular weight excluding hydrogens is 488 g/mol. The first-order chi connectivity index (χ1) is 16.8. The van der Waals surface area contributed by atoms with E-state index in [0.29, 0.717) is 49.0 Å². The molecule has 1 aliphatic heterocycles. The molecule has 1 N–H and O–H groups in total. The summed E-state index contributed by atoms with van der Waals surface area (Å²) in [6, 6.07) is 11.3. The van der Waals surface area contributed by atoms with Gasteiger partial charge in [0.05, 0.1) is 25.4 Å². The first kappa shape index (κ1) is 25.8. The fraction of sp³-hybridized carbons (Fsp3) is 0.500. The van der Waals surface area contributed by atoms with Crippen molar-refractivity contribution in [3.05, 3.63) is 58.1 Å². The minimum absolute atomic E-state index is 0.0101. The summed E-state index contributed by atoms with van der Waals surface area (Å²) < 4.78 is 38.3. The molecule has 0 atom stereocenters. The molecule has 1 heterocycles. The van der Waals surface area contributed by atoms with Crippen LogP contribution in [0.5, 0.6) is 11.5 Å². The van der Waals surface area contributed by atoms with Crippen molar-refractivity contribution in [2.75, 3.05) is 33.1 Å². The summed E-state index contributed by atoms with van der Waals surface area (Å²) in [5.74, 6) is 1.21. The van der Waals surface area contributed by atoms with Crippen molar-refractivity contribution in [2.24, 2.45) is 0 Å². The molecular formula is C26H33ClN2O5S. The molecule has 1 amide bonds. The lowest BCUT2D eigenvalue weighted by Crippen LogP contribution is -2.43. The minimum atomic E-state index is -3.46. The van der Waals surface area contributed by atoms with E-state index in [2.05, 4.69) is 5.32 Å². The number of hydrogen-bond acceptors (Lipinski definition) is 5. The first-order valence-electron chi connectivity index (χ1n) is 12.0. The second-order valence-corrected chi connectivity index (χ2v) is 11.8. The number of sulfonamides is 1. The zero-order chi connectivity index (χ0) is 25.1. The molecule has 2 aliphatic rings. The molecule has 1 saturated carbocycles. The second-order valence-electron chi connectivity index (χ2n) is 9.28. The maximum atomic E-state index is 13.2. The third-order valence-electron chi connectivity index (χ3n) is 7.23. The number of nitrogens with zero attached hydrogens (tertiary/aromatic N) is 1. The zero-order valence-corrected chi connectivity index (χ0v) is 21.9. The highest BCUT2D eigenvalue weighted by Gasteiger charge is 2.42. The van der Waals surface area contributed by atoms with E-state index in [9.17, 15) is 13.2 Å². The number of carbonyl (C=O) groups excluding carboxylic acids is 1. The van der Waals surface area contributed by atoms with E-state index in [0.717, 1.165) is 42.4 Å². The van der Waals surface area contributed by atoms with Crippen molar-refractivity contribution in [3.8, 4) is 11.5 Å². The van der Waals surface area contributed by atoms with E-state index in [1.807, 2.05) is 36.4 Å². The molecule has 0 unspecified atom stereocenters. The van der Waals surface area contributed by atoms with Gasteiger partial charge in [-0.25, -0.2) is 8.42 Å². The Kier molecular flexibility index (Phi) is 7.93. The zero-order valence-electron chi connectivity index (χ0n) is 20.3. The lowest BCUT2D eigenvalue weighted by Gasteiger charge is -2.29. The molecule has 0 radical (unpaired) electrons. The molecule has 0 bridgehead atoms. The number of methoxy groups -OCH3 is 2. The molecule has 0 aromatic heterocycles. The molecule has 1 fully saturated rings. The van der Waals surface area contributed by atoms with Gasteiger partial charge in [-0.2, -0.15) is 4.31 Å².